The van der Waals surface area contributed by atoms with Crippen molar-refractivity contribution in [2.45, 2.75) is 0 Å². The molecule has 0 saturated carbocycles. The minimum atomic E-state index is -0.362. The maximum Gasteiger partial charge on any atom is 0.258 e. The van der Waals surface area contributed by atoms with E-state index in [9.17, 15) is 4.79 Å². The third-order valence-electron chi connectivity index (χ3n) is 4.30. The lowest BCUT2D eigenvalue weighted by atomic mass is 10.1. The monoisotopic (exact) mass is 410 g/mol. The Morgan fingerprint density at radius 1 is 1.03 bits per heavy atom. The summed E-state index contributed by atoms with van der Waals surface area (Å²) >= 11 is 1.43. The zero-order chi connectivity index (χ0) is 20.4. The van der Waals surface area contributed by atoms with Crippen molar-refractivity contribution in [2.75, 3.05) is 26.6 Å². The van der Waals surface area contributed by atoms with E-state index in [1.807, 2.05) is 29.6 Å². The van der Waals surface area contributed by atoms with Crippen molar-refractivity contribution in [3.63, 3.8) is 0 Å². The lowest BCUT2D eigenvalue weighted by Crippen LogP contribution is -2.13. The maximum absolute atomic E-state index is 12.7. The molecule has 0 radical (unpaired) electrons. The second-order valence-electron chi connectivity index (χ2n) is 6.01. The zero-order valence-electron chi connectivity index (χ0n) is 16.0. The number of para-hydroxylation sites is 1. The van der Waals surface area contributed by atoms with Crippen LogP contribution >= 0.6 is 11.3 Å². The molecule has 8 nitrogen and oxygen atoms in total. The number of methoxy groups -OCH3 is 3. The molecule has 0 aliphatic heterocycles. The van der Waals surface area contributed by atoms with Crippen LogP contribution in [0.15, 0.2) is 47.8 Å². The average Bonchev–Trinajstić information content (AvgIpc) is 3.33. The lowest BCUT2D eigenvalue weighted by molar-refractivity contribution is 0.102. The van der Waals surface area contributed by atoms with Crippen LogP contribution in [0.2, 0.25) is 0 Å². The van der Waals surface area contributed by atoms with Gasteiger partial charge in [0.25, 0.3) is 11.9 Å². The number of ether oxygens (including phenoxy) is 3. The summed E-state index contributed by atoms with van der Waals surface area (Å²) in [7, 11) is 4.68. The number of nitrogens with one attached hydrogen (secondary N) is 1. The smallest absolute Gasteiger partial charge is 0.258 e. The summed E-state index contributed by atoms with van der Waals surface area (Å²) in [6.45, 7) is 0. The number of carbonyl (C=O) groups excluding carboxylic acids is 1. The van der Waals surface area contributed by atoms with E-state index < -0.39 is 0 Å². The molecule has 0 spiro atoms. The van der Waals surface area contributed by atoms with E-state index in [-0.39, 0.29) is 11.9 Å². The van der Waals surface area contributed by atoms with Gasteiger partial charge in [0.1, 0.15) is 17.2 Å². The van der Waals surface area contributed by atoms with Crippen molar-refractivity contribution >= 4 is 28.2 Å². The zero-order valence-corrected chi connectivity index (χ0v) is 16.8. The Labute approximate surface area is 170 Å². The van der Waals surface area contributed by atoms with Gasteiger partial charge in [-0.25, -0.2) is 4.52 Å². The average molecular weight is 410 g/mol. The second kappa shape index (κ2) is 7.80. The van der Waals surface area contributed by atoms with Gasteiger partial charge in [-0.15, -0.1) is 16.4 Å². The Bertz CT molecular complexity index is 1160. The molecule has 29 heavy (non-hydrogen) atoms. The van der Waals surface area contributed by atoms with Gasteiger partial charge < -0.3 is 14.2 Å². The van der Waals surface area contributed by atoms with Gasteiger partial charge in [-0.2, -0.15) is 4.98 Å². The number of amides is 1. The molecule has 2 aromatic heterocycles. The van der Waals surface area contributed by atoms with E-state index >= 15 is 0 Å². The van der Waals surface area contributed by atoms with Gasteiger partial charge in [-0.3, -0.25) is 10.1 Å². The highest BCUT2D eigenvalue weighted by molar-refractivity contribution is 7.15. The van der Waals surface area contributed by atoms with Crippen LogP contribution in [-0.2, 0) is 0 Å². The summed E-state index contributed by atoms with van der Waals surface area (Å²) in [5.41, 5.74) is 2.10. The second-order valence-corrected chi connectivity index (χ2v) is 6.84. The van der Waals surface area contributed by atoms with Gasteiger partial charge in [0.2, 0.25) is 4.96 Å². The highest BCUT2D eigenvalue weighted by Crippen LogP contribution is 2.32. The van der Waals surface area contributed by atoms with Crippen molar-refractivity contribution in [3.8, 4) is 28.5 Å². The molecule has 4 aromatic rings. The molecule has 2 heterocycles. The fraction of sp³-hybridized carbons (Fsp3) is 0.150. The molecule has 4 rings (SSSR count). The molecule has 148 valence electrons. The molecule has 1 N–H and O–H groups in total. The summed E-state index contributed by atoms with van der Waals surface area (Å²) in [6.07, 6.45) is 0. The quantitative estimate of drug-likeness (QED) is 0.521. The Balaban J connectivity index is 1.65. The van der Waals surface area contributed by atoms with Gasteiger partial charge in [0.05, 0.1) is 27.0 Å². The normalized spacial score (nSPS) is 10.7. The van der Waals surface area contributed by atoms with E-state index in [2.05, 4.69) is 15.4 Å². The topological polar surface area (TPSA) is 87.0 Å². The number of fused-ring (bicyclic) bond motifs is 1. The SMILES string of the molecule is COc1cc(OC)cc(C(=O)Nc2nc3scc(-c4ccccc4OC)n3n2)c1. The molecule has 0 fully saturated rings. The first kappa shape index (κ1) is 18.8. The highest BCUT2D eigenvalue weighted by Gasteiger charge is 2.17. The van der Waals surface area contributed by atoms with Crippen LogP contribution in [0.25, 0.3) is 16.2 Å². The number of carbonyl (C=O) groups is 1. The third-order valence-corrected chi connectivity index (χ3v) is 5.12. The van der Waals surface area contributed by atoms with Crippen LogP contribution in [0.1, 0.15) is 10.4 Å². The van der Waals surface area contributed by atoms with E-state index in [0.29, 0.717) is 22.0 Å². The standard InChI is InChI=1S/C20H18N4O4S/c1-26-13-8-12(9-14(10-13)27-2)18(25)21-19-22-20-24(23-19)16(11-29-20)15-6-4-5-7-17(15)28-3/h4-11H,1-3H3,(H,21,23,25). The van der Waals surface area contributed by atoms with Crippen LogP contribution in [-0.4, -0.2) is 41.8 Å². The lowest BCUT2D eigenvalue weighted by Gasteiger charge is -2.08. The summed E-state index contributed by atoms with van der Waals surface area (Å²) in [4.78, 5) is 17.7. The van der Waals surface area contributed by atoms with E-state index in [4.69, 9.17) is 14.2 Å². The Kier molecular flexibility index (Phi) is 5.05. The first-order valence-electron chi connectivity index (χ1n) is 8.65. The molecule has 9 heteroatoms. The molecule has 0 bridgehead atoms. The largest absolute Gasteiger partial charge is 0.497 e. The van der Waals surface area contributed by atoms with Crippen LogP contribution in [0.5, 0.6) is 17.2 Å². The predicted octanol–water partition coefficient (Wildman–Crippen LogP) is 3.74. The summed E-state index contributed by atoms with van der Waals surface area (Å²) in [6, 6.07) is 12.6. The number of aromatic nitrogens is 3. The first-order chi connectivity index (χ1) is 14.1. The van der Waals surface area contributed by atoms with Crippen molar-refractivity contribution in [2.24, 2.45) is 0 Å². The fourth-order valence-electron chi connectivity index (χ4n) is 2.89. The van der Waals surface area contributed by atoms with Crippen LogP contribution in [0, 0.1) is 0 Å². The Morgan fingerprint density at radius 2 is 1.76 bits per heavy atom. The Hall–Kier alpha value is -3.59. The van der Waals surface area contributed by atoms with Crippen molar-refractivity contribution < 1.29 is 19.0 Å². The van der Waals surface area contributed by atoms with Gasteiger partial charge in [-0.05, 0) is 24.3 Å². The molecule has 0 unspecified atom stereocenters. The van der Waals surface area contributed by atoms with Gasteiger partial charge >= 0.3 is 0 Å². The Morgan fingerprint density at radius 3 is 2.45 bits per heavy atom. The van der Waals surface area contributed by atoms with E-state index in [1.165, 1.54) is 25.6 Å². The van der Waals surface area contributed by atoms with Gasteiger partial charge in [0.15, 0.2) is 0 Å². The number of nitrogens with zero attached hydrogens (tertiary/aromatic N) is 3. The van der Waals surface area contributed by atoms with Gasteiger partial charge in [-0.1, -0.05) is 12.1 Å². The van der Waals surface area contributed by atoms with E-state index in [1.54, 1.807) is 29.8 Å². The molecule has 2 aromatic carbocycles. The number of anilines is 1. The number of hydrogen-bond donors (Lipinski definition) is 1. The van der Waals surface area contributed by atoms with Crippen LogP contribution in [0.4, 0.5) is 5.95 Å². The van der Waals surface area contributed by atoms with Crippen LogP contribution in [0.3, 0.4) is 0 Å². The molecule has 0 atom stereocenters. The molecular formula is C20H18N4O4S. The highest BCUT2D eigenvalue weighted by atomic mass is 32.1. The molecular weight excluding hydrogens is 392 g/mol. The maximum atomic E-state index is 12.7. The minimum absolute atomic E-state index is 0.208. The number of thiazole rings is 1. The minimum Gasteiger partial charge on any atom is -0.497 e. The molecule has 1 amide bonds. The van der Waals surface area contributed by atoms with E-state index in [0.717, 1.165) is 17.0 Å². The summed E-state index contributed by atoms with van der Waals surface area (Å²) < 4.78 is 17.6. The fourth-order valence-corrected chi connectivity index (χ4v) is 3.71. The molecule has 0 saturated heterocycles. The number of rotatable bonds is 6. The first-order valence-corrected chi connectivity index (χ1v) is 9.53. The molecule has 0 aliphatic rings. The summed E-state index contributed by atoms with van der Waals surface area (Å²) in [5, 5.41) is 9.12. The summed E-state index contributed by atoms with van der Waals surface area (Å²) in [5.74, 6) is 1.62. The third kappa shape index (κ3) is 3.59. The van der Waals surface area contributed by atoms with Gasteiger partial charge in [0, 0.05) is 22.6 Å². The number of hydrogen-bond acceptors (Lipinski definition) is 7. The van der Waals surface area contributed by atoms with Crippen LogP contribution < -0.4 is 19.5 Å². The predicted molar refractivity (Wildman–Crippen MR) is 110 cm³/mol. The molecule has 0 aliphatic carbocycles. The van der Waals surface area contributed by atoms with Crippen molar-refractivity contribution in [1.29, 1.82) is 0 Å². The van der Waals surface area contributed by atoms with Crippen molar-refractivity contribution in [3.05, 3.63) is 53.4 Å². The van der Waals surface area contributed by atoms with Crippen molar-refractivity contribution in [1.82, 2.24) is 14.6 Å². The number of benzene rings is 2.